The molecule has 0 saturated carbocycles. The maximum atomic E-state index is 5.42. The second-order valence-electron chi connectivity index (χ2n) is 4.27. The van der Waals surface area contributed by atoms with Crippen LogP contribution in [-0.4, -0.2) is 23.6 Å². The smallest absolute Gasteiger partial charge is 0.183 e. The lowest BCUT2D eigenvalue weighted by Crippen LogP contribution is -1.98. The lowest BCUT2D eigenvalue weighted by molar-refractivity contribution is 0.419. The van der Waals surface area contributed by atoms with E-state index in [1.165, 1.54) is 0 Å². The van der Waals surface area contributed by atoms with Crippen molar-refractivity contribution in [3.05, 3.63) is 24.4 Å². The molecular weight excluding hydrogens is 258 g/mol. The lowest BCUT2D eigenvalue weighted by atomic mass is 10.2. The number of hydrogen-bond donors (Lipinski definition) is 1. The van der Waals surface area contributed by atoms with Crippen molar-refractivity contribution in [3.8, 4) is 5.75 Å². The number of fused-ring (bicyclic) bond motifs is 3. The molecule has 0 aliphatic heterocycles. The second-order valence-corrected chi connectivity index (χ2v) is 5.30. The van der Waals surface area contributed by atoms with Gasteiger partial charge >= 0.3 is 0 Å². The Labute approximate surface area is 115 Å². The van der Waals surface area contributed by atoms with Crippen LogP contribution in [0.25, 0.3) is 21.1 Å². The van der Waals surface area contributed by atoms with Gasteiger partial charge in [-0.05, 0) is 18.6 Å². The molecule has 0 atom stereocenters. The van der Waals surface area contributed by atoms with Crippen molar-refractivity contribution >= 4 is 37.6 Å². The molecule has 0 aliphatic rings. The van der Waals surface area contributed by atoms with E-state index in [0.29, 0.717) is 0 Å². The van der Waals surface area contributed by atoms with Gasteiger partial charge in [-0.2, -0.15) is 0 Å². The van der Waals surface area contributed by atoms with Crippen molar-refractivity contribution in [1.82, 2.24) is 9.97 Å². The van der Waals surface area contributed by atoms with Crippen LogP contribution in [0, 0.1) is 0 Å². The first kappa shape index (κ1) is 12.2. The molecule has 0 unspecified atom stereocenters. The summed E-state index contributed by atoms with van der Waals surface area (Å²) in [5.41, 5.74) is 1.86. The molecule has 1 N–H and O–H groups in total. The zero-order valence-corrected chi connectivity index (χ0v) is 11.8. The summed E-state index contributed by atoms with van der Waals surface area (Å²) in [4.78, 5) is 9.06. The Morgan fingerprint density at radius 3 is 3.05 bits per heavy atom. The van der Waals surface area contributed by atoms with E-state index in [-0.39, 0.29) is 0 Å². The average Bonchev–Trinajstić information content (AvgIpc) is 2.87. The van der Waals surface area contributed by atoms with E-state index in [0.717, 1.165) is 45.0 Å². The zero-order valence-electron chi connectivity index (χ0n) is 10.9. The summed E-state index contributed by atoms with van der Waals surface area (Å²) < 4.78 is 6.54. The highest BCUT2D eigenvalue weighted by Crippen LogP contribution is 2.36. The van der Waals surface area contributed by atoms with Crippen LogP contribution >= 0.6 is 11.3 Å². The summed E-state index contributed by atoms with van der Waals surface area (Å²) in [6, 6.07) is 5.98. The van der Waals surface area contributed by atoms with Crippen molar-refractivity contribution in [1.29, 1.82) is 0 Å². The van der Waals surface area contributed by atoms with Crippen LogP contribution in [0.1, 0.15) is 13.3 Å². The minimum Gasteiger partial charge on any atom is -0.494 e. The Morgan fingerprint density at radius 1 is 1.37 bits per heavy atom. The van der Waals surface area contributed by atoms with Gasteiger partial charge < -0.3 is 10.1 Å². The molecule has 19 heavy (non-hydrogen) atoms. The van der Waals surface area contributed by atoms with E-state index < -0.39 is 0 Å². The van der Waals surface area contributed by atoms with E-state index in [1.807, 2.05) is 18.2 Å². The van der Waals surface area contributed by atoms with Crippen molar-refractivity contribution < 1.29 is 4.74 Å². The monoisotopic (exact) mass is 273 g/mol. The average molecular weight is 273 g/mol. The van der Waals surface area contributed by atoms with E-state index >= 15 is 0 Å². The van der Waals surface area contributed by atoms with Crippen LogP contribution in [0.4, 0.5) is 5.13 Å². The van der Waals surface area contributed by atoms with Gasteiger partial charge in [0.2, 0.25) is 0 Å². The predicted octanol–water partition coefficient (Wildman–Crippen LogP) is 3.68. The Balaban J connectivity index is 2.23. The van der Waals surface area contributed by atoms with E-state index in [1.54, 1.807) is 24.6 Å². The quantitative estimate of drug-likeness (QED) is 0.787. The van der Waals surface area contributed by atoms with E-state index in [2.05, 4.69) is 22.2 Å². The number of hydrogen-bond acceptors (Lipinski definition) is 5. The largest absolute Gasteiger partial charge is 0.494 e. The number of nitrogens with zero attached hydrogens (tertiary/aromatic N) is 2. The maximum Gasteiger partial charge on any atom is 0.183 e. The molecule has 98 valence electrons. The molecule has 1 aromatic carbocycles. The molecule has 3 aromatic rings. The first-order valence-electron chi connectivity index (χ1n) is 6.29. The Morgan fingerprint density at radius 2 is 2.26 bits per heavy atom. The molecule has 0 aliphatic carbocycles. The van der Waals surface area contributed by atoms with Gasteiger partial charge in [0.05, 0.1) is 17.3 Å². The van der Waals surface area contributed by atoms with Gasteiger partial charge in [-0.15, -0.1) is 0 Å². The van der Waals surface area contributed by atoms with Crippen molar-refractivity contribution in [2.45, 2.75) is 13.3 Å². The summed E-state index contributed by atoms with van der Waals surface area (Å²) in [5, 5.41) is 5.33. The van der Waals surface area contributed by atoms with Crippen LogP contribution in [0.5, 0.6) is 5.75 Å². The van der Waals surface area contributed by atoms with Crippen molar-refractivity contribution in [3.63, 3.8) is 0 Å². The van der Waals surface area contributed by atoms with Crippen LogP contribution in [0.3, 0.4) is 0 Å². The van der Waals surface area contributed by atoms with Crippen LogP contribution in [0.2, 0.25) is 0 Å². The summed E-state index contributed by atoms with van der Waals surface area (Å²) in [6.07, 6.45) is 2.86. The molecule has 3 rings (SSSR count). The SMILES string of the molecule is CCCNc1nc2c(cc(OC)c3ncccc32)s1. The molecule has 0 saturated heterocycles. The number of ether oxygens (including phenoxy) is 1. The molecular formula is C14H15N3OS. The van der Waals surface area contributed by atoms with Crippen LogP contribution in [-0.2, 0) is 0 Å². The van der Waals surface area contributed by atoms with Gasteiger partial charge in [0.15, 0.2) is 5.13 Å². The number of methoxy groups -OCH3 is 1. The first-order chi connectivity index (χ1) is 9.33. The number of pyridine rings is 1. The van der Waals surface area contributed by atoms with Gasteiger partial charge in [-0.1, -0.05) is 18.3 Å². The molecule has 2 heterocycles. The molecule has 0 fully saturated rings. The third-order valence-corrected chi connectivity index (χ3v) is 3.92. The summed E-state index contributed by atoms with van der Waals surface area (Å²) in [5.74, 6) is 0.800. The van der Waals surface area contributed by atoms with Gasteiger partial charge in [0.25, 0.3) is 0 Å². The Bertz CT molecular complexity index is 723. The minimum absolute atomic E-state index is 0.800. The van der Waals surface area contributed by atoms with Gasteiger partial charge in [0.1, 0.15) is 11.3 Å². The number of nitrogens with one attached hydrogen (secondary N) is 1. The van der Waals surface area contributed by atoms with E-state index in [9.17, 15) is 0 Å². The summed E-state index contributed by atoms with van der Waals surface area (Å²) >= 11 is 1.65. The number of rotatable bonds is 4. The fraction of sp³-hybridized carbons (Fsp3) is 0.286. The van der Waals surface area contributed by atoms with Crippen LogP contribution in [0.15, 0.2) is 24.4 Å². The first-order valence-corrected chi connectivity index (χ1v) is 7.11. The highest BCUT2D eigenvalue weighted by Gasteiger charge is 2.12. The minimum atomic E-state index is 0.800. The van der Waals surface area contributed by atoms with Gasteiger partial charge in [0, 0.05) is 24.2 Å². The molecule has 0 amide bonds. The number of benzene rings is 1. The number of anilines is 1. The predicted molar refractivity (Wildman–Crippen MR) is 80.3 cm³/mol. The number of aromatic nitrogens is 2. The molecule has 0 bridgehead atoms. The molecule has 4 nitrogen and oxygen atoms in total. The van der Waals surface area contributed by atoms with Gasteiger partial charge in [-0.25, -0.2) is 4.98 Å². The number of thiazole rings is 1. The molecule has 0 spiro atoms. The summed E-state index contributed by atoms with van der Waals surface area (Å²) in [6.45, 7) is 3.08. The highest BCUT2D eigenvalue weighted by atomic mass is 32.1. The fourth-order valence-electron chi connectivity index (χ4n) is 2.07. The van der Waals surface area contributed by atoms with Crippen molar-refractivity contribution in [2.24, 2.45) is 0 Å². The fourth-order valence-corrected chi connectivity index (χ4v) is 3.00. The standard InChI is InChI=1S/C14H15N3OS/c1-3-6-16-14-17-13-9-5-4-7-15-12(9)10(18-2)8-11(13)19-14/h4-5,7-8H,3,6H2,1-2H3,(H,16,17). The van der Waals surface area contributed by atoms with Gasteiger partial charge in [-0.3, -0.25) is 4.98 Å². The molecule has 5 heteroatoms. The normalized spacial score (nSPS) is 11.1. The molecule has 0 radical (unpaired) electrons. The highest BCUT2D eigenvalue weighted by molar-refractivity contribution is 7.22. The Kier molecular flexibility index (Phi) is 3.21. The third-order valence-electron chi connectivity index (χ3n) is 2.96. The Hall–Kier alpha value is -1.88. The van der Waals surface area contributed by atoms with Crippen LogP contribution < -0.4 is 10.1 Å². The molecule has 2 aromatic heterocycles. The summed E-state index contributed by atoms with van der Waals surface area (Å²) in [7, 11) is 1.67. The lowest BCUT2D eigenvalue weighted by Gasteiger charge is -2.04. The zero-order chi connectivity index (χ0) is 13.2. The van der Waals surface area contributed by atoms with E-state index in [4.69, 9.17) is 4.74 Å². The topological polar surface area (TPSA) is 47.0 Å². The second kappa shape index (κ2) is 5.01. The third kappa shape index (κ3) is 2.10. The maximum absolute atomic E-state index is 5.42. The van der Waals surface area contributed by atoms with Crippen molar-refractivity contribution in [2.75, 3.05) is 19.0 Å².